The number of benzene rings is 3. The monoisotopic (exact) mass is 447 g/mol. The highest BCUT2D eigenvalue weighted by Gasteiger charge is 2.18. The minimum atomic E-state index is -0.178. The van der Waals surface area contributed by atoms with Crippen molar-refractivity contribution in [1.82, 2.24) is 5.43 Å². The molecule has 0 spiro atoms. The van der Waals surface area contributed by atoms with Gasteiger partial charge in [-0.25, -0.2) is 5.43 Å². The third-order valence-electron chi connectivity index (χ3n) is 5.55. The maximum atomic E-state index is 12.2. The van der Waals surface area contributed by atoms with Gasteiger partial charge in [0.05, 0.1) is 19.7 Å². The number of rotatable bonds is 7. The minimum absolute atomic E-state index is 0.178. The molecule has 3 aromatic carbocycles. The molecule has 0 aromatic heterocycles. The molecule has 164 valence electrons. The first-order chi connectivity index (χ1) is 15.6. The van der Waals surface area contributed by atoms with E-state index in [1.54, 1.807) is 25.5 Å². The van der Waals surface area contributed by atoms with Crippen LogP contribution in [0.2, 0.25) is 5.02 Å². The van der Waals surface area contributed by atoms with Crippen molar-refractivity contribution in [3.63, 3.8) is 0 Å². The fraction of sp³-hybridized carbons (Fsp3) is 0.231. The van der Waals surface area contributed by atoms with Gasteiger partial charge in [-0.15, -0.1) is 0 Å². The Balaban J connectivity index is 1.43. The lowest BCUT2D eigenvalue weighted by atomic mass is 10.0. The zero-order valence-electron chi connectivity index (χ0n) is 18.1. The highest BCUT2D eigenvalue weighted by atomic mass is 35.5. The van der Waals surface area contributed by atoms with Gasteiger partial charge in [-0.05, 0) is 65.9 Å². The van der Waals surface area contributed by atoms with Crippen molar-refractivity contribution in [3.05, 3.63) is 94.0 Å². The molecule has 0 saturated carbocycles. The third kappa shape index (κ3) is 5.48. The lowest BCUT2D eigenvalue weighted by molar-refractivity contribution is -0.120. The molecule has 0 unspecified atom stereocenters. The number of halogens is 1. The number of fused-ring (bicyclic) bond motifs is 1. The Morgan fingerprint density at radius 2 is 1.97 bits per heavy atom. The largest absolute Gasteiger partial charge is 0.496 e. The van der Waals surface area contributed by atoms with Crippen LogP contribution >= 0.6 is 11.6 Å². The van der Waals surface area contributed by atoms with Crippen LogP contribution in [-0.4, -0.2) is 25.8 Å². The number of methoxy groups -OCH3 is 1. The Hall–Kier alpha value is -3.31. The Morgan fingerprint density at radius 3 is 2.78 bits per heavy atom. The molecule has 0 saturated heterocycles. The number of carbonyl (C=O) groups is 1. The van der Waals surface area contributed by atoms with E-state index in [9.17, 15) is 4.79 Å². The minimum Gasteiger partial charge on any atom is -0.496 e. The van der Waals surface area contributed by atoms with Gasteiger partial charge in [-0.1, -0.05) is 41.9 Å². The van der Waals surface area contributed by atoms with E-state index < -0.39 is 0 Å². The van der Waals surface area contributed by atoms with Gasteiger partial charge in [0.25, 0.3) is 0 Å². The number of hydrogen-bond donors (Lipinski definition) is 1. The Labute approximate surface area is 193 Å². The molecule has 3 aromatic rings. The molecule has 1 aliphatic heterocycles. The van der Waals surface area contributed by atoms with E-state index in [0.29, 0.717) is 5.02 Å². The van der Waals surface area contributed by atoms with Crippen LogP contribution in [0.1, 0.15) is 28.7 Å². The number of anilines is 1. The van der Waals surface area contributed by atoms with Crippen LogP contribution in [0.4, 0.5) is 5.69 Å². The van der Waals surface area contributed by atoms with Crippen molar-refractivity contribution in [2.45, 2.75) is 25.8 Å². The standard InChI is InChI=1S/C26H26ClN3O2/c1-32-25-13-10-20(17-28-29-26(31)16-19-8-11-23(27)12-9-19)15-22(25)18-30-14-4-6-21-5-2-3-7-24(21)30/h2-3,5,7-13,15,17H,4,6,14,16,18H2,1H3,(H,29,31)/b28-17+. The van der Waals surface area contributed by atoms with Crippen LogP contribution in [0.15, 0.2) is 71.8 Å². The third-order valence-corrected chi connectivity index (χ3v) is 5.80. The summed E-state index contributed by atoms with van der Waals surface area (Å²) >= 11 is 5.88. The fourth-order valence-corrected chi connectivity index (χ4v) is 4.12. The number of ether oxygens (including phenoxy) is 1. The number of nitrogens with zero attached hydrogens (tertiary/aromatic N) is 2. The zero-order valence-corrected chi connectivity index (χ0v) is 18.8. The van der Waals surface area contributed by atoms with Gasteiger partial charge >= 0.3 is 0 Å². The molecule has 6 heteroatoms. The lowest BCUT2D eigenvalue weighted by Crippen LogP contribution is -2.29. The molecule has 4 rings (SSSR count). The number of nitrogens with one attached hydrogen (secondary N) is 1. The number of para-hydroxylation sites is 1. The van der Waals surface area contributed by atoms with Gasteiger partial charge in [0.2, 0.25) is 5.91 Å². The van der Waals surface area contributed by atoms with Crippen molar-refractivity contribution in [2.24, 2.45) is 5.10 Å². The Bertz CT molecular complexity index is 1110. The molecule has 0 fully saturated rings. The van der Waals surface area contributed by atoms with E-state index in [2.05, 4.69) is 45.8 Å². The maximum Gasteiger partial charge on any atom is 0.244 e. The molecule has 0 atom stereocenters. The van der Waals surface area contributed by atoms with Crippen LogP contribution in [-0.2, 0) is 24.2 Å². The van der Waals surface area contributed by atoms with Crippen LogP contribution < -0.4 is 15.1 Å². The number of hydrazone groups is 1. The quantitative estimate of drug-likeness (QED) is 0.410. The van der Waals surface area contributed by atoms with Gasteiger partial charge < -0.3 is 9.64 Å². The van der Waals surface area contributed by atoms with Crippen molar-refractivity contribution in [3.8, 4) is 5.75 Å². The van der Waals surface area contributed by atoms with Crippen LogP contribution in [0, 0.1) is 0 Å². The molecule has 1 heterocycles. The number of amides is 1. The molecule has 32 heavy (non-hydrogen) atoms. The van der Waals surface area contributed by atoms with Gasteiger partial charge in [0.1, 0.15) is 5.75 Å². The summed E-state index contributed by atoms with van der Waals surface area (Å²) in [7, 11) is 1.69. The summed E-state index contributed by atoms with van der Waals surface area (Å²) in [6.07, 6.45) is 4.16. The average molecular weight is 448 g/mol. The first-order valence-corrected chi connectivity index (χ1v) is 11.1. The summed E-state index contributed by atoms with van der Waals surface area (Å²) in [5.41, 5.74) is 8.14. The smallest absolute Gasteiger partial charge is 0.244 e. The van der Waals surface area contributed by atoms with Gasteiger partial charge in [0.15, 0.2) is 0 Å². The molecule has 0 bridgehead atoms. The summed E-state index contributed by atoms with van der Waals surface area (Å²) in [5, 5.41) is 4.78. The van der Waals surface area contributed by atoms with Gasteiger partial charge in [0, 0.05) is 29.4 Å². The van der Waals surface area contributed by atoms with E-state index in [1.165, 1.54) is 11.3 Å². The number of hydrogen-bond acceptors (Lipinski definition) is 4. The fourth-order valence-electron chi connectivity index (χ4n) is 3.99. The SMILES string of the molecule is COc1ccc(/C=N/NC(=O)Cc2ccc(Cl)cc2)cc1CN1CCCc2ccccc21. The second-order valence-corrected chi connectivity index (χ2v) is 8.26. The first-order valence-electron chi connectivity index (χ1n) is 10.7. The van der Waals surface area contributed by atoms with Crippen molar-refractivity contribution in [1.29, 1.82) is 0 Å². The lowest BCUT2D eigenvalue weighted by Gasteiger charge is -2.31. The summed E-state index contributed by atoms with van der Waals surface area (Å²) < 4.78 is 5.60. The van der Waals surface area contributed by atoms with Crippen molar-refractivity contribution in [2.75, 3.05) is 18.6 Å². The predicted octanol–water partition coefficient (Wildman–Crippen LogP) is 4.99. The molecular weight excluding hydrogens is 422 g/mol. The normalized spacial score (nSPS) is 13.1. The highest BCUT2D eigenvalue weighted by Crippen LogP contribution is 2.30. The van der Waals surface area contributed by atoms with Crippen molar-refractivity contribution >= 4 is 29.4 Å². The molecule has 0 aliphatic carbocycles. The molecule has 1 aliphatic rings. The summed E-state index contributed by atoms with van der Waals surface area (Å²) in [4.78, 5) is 14.5. The Morgan fingerprint density at radius 1 is 1.16 bits per heavy atom. The second-order valence-electron chi connectivity index (χ2n) is 7.82. The van der Waals surface area contributed by atoms with E-state index in [0.717, 1.165) is 48.4 Å². The van der Waals surface area contributed by atoms with E-state index >= 15 is 0 Å². The number of aryl methyl sites for hydroxylation is 1. The summed E-state index contributed by atoms with van der Waals surface area (Å²) in [5.74, 6) is 0.666. The van der Waals surface area contributed by atoms with E-state index in [4.69, 9.17) is 16.3 Å². The molecule has 1 N–H and O–H groups in total. The molecule has 0 radical (unpaired) electrons. The highest BCUT2D eigenvalue weighted by molar-refractivity contribution is 6.30. The van der Waals surface area contributed by atoms with Gasteiger partial charge in [-0.3, -0.25) is 4.79 Å². The van der Waals surface area contributed by atoms with Crippen LogP contribution in [0.25, 0.3) is 0 Å². The topological polar surface area (TPSA) is 53.9 Å². The summed E-state index contributed by atoms with van der Waals surface area (Å²) in [6.45, 7) is 1.77. The van der Waals surface area contributed by atoms with Crippen molar-refractivity contribution < 1.29 is 9.53 Å². The van der Waals surface area contributed by atoms with E-state index in [-0.39, 0.29) is 12.3 Å². The second kappa shape index (κ2) is 10.3. The predicted molar refractivity (Wildman–Crippen MR) is 130 cm³/mol. The molecular formula is C26H26ClN3O2. The van der Waals surface area contributed by atoms with Crippen LogP contribution in [0.3, 0.4) is 0 Å². The average Bonchev–Trinajstić information content (AvgIpc) is 2.81. The van der Waals surface area contributed by atoms with Gasteiger partial charge in [-0.2, -0.15) is 5.10 Å². The Kier molecular flexibility index (Phi) is 7.07. The molecule has 5 nitrogen and oxygen atoms in total. The first kappa shape index (κ1) is 21.9. The van der Waals surface area contributed by atoms with E-state index in [1.807, 2.05) is 24.3 Å². The van der Waals surface area contributed by atoms with Crippen LogP contribution in [0.5, 0.6) is 5.75 Å². The zero-order chi connectivity index (χ0) is 22.3. The maximum absolute atomic E-state index is 12.2. The summed E-state index contributed by atoms with van der Waals surface area (Å²) in [6, 6.07) is 21.7. The number of carbonyl (C=O) groups excluding carboxylic acids is 1. The molecule has 1 amide bonds.